The van der Waals surface area contributed by atoms with Crippen LogP contribution in [0.1, 0.15) is 5.56 Å². The van der Waals surface area contributed by atoms with Crippen LogP contribution in [0.15, 0.2) is 68.7 Å². The first-order valence-electron chi connectivity index (χ1n) is 5.83. The molecule has 2 heterocycles. The number of hydrogen-bond donors (Lipinski definition) is 0. The van der Waals surface area contributed by atoms with Crippen LogP contribution in [-0.2, 0) is 6.54 Å². The average molecular weight is 236 g/mol. The summed E-state index contributed by atoms with van der Waals surface area (Å²) in [6.07, 6.45) is 0. The van der Waals surface area contributed by atoms with Gasteiger partial charge in [-0.2, -0.15) is 10.2 Å². The Kier molecular flexibility index (Phi) is 2.92. The first-order valence-corrected chi connectivity index (χ1v) is 5.83. The summed E-state index contributed by atoms with van der Waals surface area (Å²) in [7, 11) is 0. The number of benzene rings is 2. The lowest BCUT2D eigenvalue weighted by molar-refractivity contribution is 1.04. The molecular weight excluding hydrogens is 224 g/mol. The number of para-hydroxylation sites is 2. The van der Waals surface area contributed by atoms with Crippen LogP contribution in [-0.4, -0.2) is 6.67 Å². The van der Waals surface area contributed by atoms with Crippen molar-refractivity contribution < 1.29 is 0 Å². The molecular formula is C14H12N4. The maximum absolute atomic E-state index is 4.13. The summed E-state index contributed by atoms with van der Waals surface area (Å²) in [4.78, 5) is 8.27. The molecule has 18 heavy (non-hydrogen) atoms. The lowest BCUT2D eigenvalue weighted by Gasteiger charge is -1.88. The highest BCUT2D eigenvalue weighted by Crippen LogP contribution is 2.24. The Balaban J connectivity index is 0.000000111. The summed E-state index contributed by atoms with van der Waals surface area (Å²) in [6.45, 7) is 1.37. The summed E-state index contributed by atoms with van der Waals surface area (Å²) in [5.41, 5.74) is 2.26. The fourth-order valence-corrected chi connectivity index (χ4v) is 1.85. The van der Waals surface area contributed by atoms with Gasteiger partial charge in [0.15, 0.2) is 0 Å². The molecule has 0 aliphatic carbocycles. The van der Waals surface area contributed by atoms with E-state index in [0.29, 0.717) is 6.67 Å². The Labute approximate surface area is 104 Å². The van der Waals surface area contributed by atoms with Crippen LogP contribution in [0.25, 0.3) is 0 Å². The van der Waals surface area contributed by atoms with Gasteiger partial charge < -0.3 is 0 Å². The fourth-order valence-electron chi connectivity index (χ4n) is 1.85. The van der Waals surface area contributed by atoms with E-state index in [2.05, 4.69) is 26.3 Å². The Hall–Kier alpha value is -2.36. The quantitative estimate of drug-likeness (QED) is 0.673. The molecule has 0 atom stereocenters. The predicted molar refractivity (Wildman–Crippen MR) is 68.3 cm³/mol. The highest BCUT2D eigenvalue weighted by molar-refractivity contribution is 5.46. The zero-order valence-corrected chi connectivity index (χ0v) is 9.82. The van der Waals surface area contributed by atoms with Crippen molar-refractivity contribution in [3.05, 3.63) is 64.8 Å². The van der Waals surface area contributed by atoms with Gasteiger partial charge in [-0.05, 0) is 18.2 Å². The van der Waals surface area contributed by atoms with Crippen molar-refractivity contribution in [1.82, 2.24) is 0 Å². The Morgan fingerprint density at radius 2 is 1.44 bits per heavy atom. The van der Waals surface area contributed by atoms with Gasteiger partial charge in [-0.1, -0.05) is 30.3 Å². The van der Waals surface area contributed by atoms with Crippen LogP contribution in [0.3, 0.4) is 0 Å². The normalized spacial score (nSPS) is 13.8. The third-order valence-corrected chi connectivity index (χ3v) is 2.77. The molecule has 4 rings (SSSR count). The number of nitrogens with zero attached hydrogens (tertiary/aromatic N) is 4. The van der Waals surface area contributed by atoms with E-state index in [1.807, 2.05) is 42.5 Å². The molecule has 0 bridgehead atoms. The zero-order chi connectivity index (χ0) is 12.2. The Morgan fingerprint density at radius 1 is 0.778 bits per heavy atom. The molecule has 2 aromatic carbocycles. The monoisotopic (exact) mass is 236 g/mol. The van der Waals surface area contributed by atoms with E-state index in [9.17, 15) is 0 Å². The Morgan fingerprint density at radius 3 is 2.17 bits per heavy atom. The maximum atomic E-state index is 4.13. The van der Waals surface area contributed by atoms with Crippen LogP contribution < -0.4 is 10.7 Å². The van der Waals surface area contributed by atoms with Gasteiger partial charge in [-0.25, -0.2) is 0 Å². The van der Waals surface area contributed by atoms with Crippen molar-refractivity contribution in [1.29, 1.82) is 0 Å². The van der Waals surface area contributed by atoms with Crippen molar-refractivity contribution in [3.63, 3.8) is 0 Å². The predicted octanol–water partition coefficient (Wildman–Crippen LogP) is 2.18. The van der Waals surface area contributed by atoms with E-state index < -0.39 is 0 Å². The molecule has 0 radical (unpaired) electrons. The molecule has 2 aliphatic heterocycles. The highest BCUT2D eigenvalue weighted by Gasteiger charge is 2.03. The molecule has 0 fully saturated rings. The van der Waals surface area contributed by atoms with Gasteiger partial charge in [-0.3, -0.25) is 9.98 Å². The molecule has 2 aromatic rings. The van der Waals surface area contributed by atoms with Gasteiger partial charge in [-0.15, -0.1) is 0 Å². The van der Waals surface area contributed by atoms with Crippen LogP contribution in [0, 0.1) is 0 Å². The second kappa shape index (κ2) is 4.87. The Bertz CT molecular complexity index is 671. The summed E-state index contributed by atoms with van der Waals surface area (Å²) in [6, 6.07) is 15.9. The molecule has 0 N–H and O–H groups in total. The average Bonchev–Trinajstić information content (AvgIpc) is 3.08. The first-order chi connectivity index (χ1) is 8.93. The maximum Gasteiger partial charge on any atom is 0.130 e. The summed E-state index contributed by atoms with van der Waals surface area (Å²) in [5.74, 6) is 0. The number of hydrogen-bond acceptors (Lipinski definition) is 4. The molecule has 0 saturated carbocycles. The van der Waals surface area contributed by atoms with Crippen LogP contribution in [0.5, 0.6) is 0 Å². The first kappa shape index (κ1) is 10.8. The molecule has 4 heteroatoms. The van der Waals surface area contributed by atoms with Crippen LogP contribution >= 0.6 is 0 Å². The SMILES string of the molecule is c1ccc2c(c1)=NCN=2.c1ccc2c(c1)CN=N2. The minimum Gasteiger partial charge on any atom is -0.260 e. The molecule has 0 amide bonds. The van der Waals surface area contributed by atoms with Gasteiger partial charge in [0, 0.05) is 5.56 Å². The molecule has 2 aliphatic rings. The third kappa shape index (κ3) is 2.18. The molecule has 0 saturated heterocycles. The minimum atomic E-state index is 0.610. The fraction of sp³-hybridized carbons (Fsp3) is 0.143. The van der Waals surface area contributed by atoms with Crippen molar-refractivity contribution in [2.24, 2.45) is 20.2 Å². The molecule has 4 nitrogen and oxygen atoms in total. The third-order valence-electron chi connectivity index (χ3n) is 2.77. The molecule has 0 unspecified atom stereocenters. The molecule has 88 valence electrons. The van der Waals surface area contributed by atoms with Crippen molar-refractivity contribution in [2.75, 3.05) is 6.67 Å². The van der Waals surface area contributed by atoms with E-state index in [4.69, 9.17) is 0 Å². The second-order valence-corrected chi connectivity index (χ2v) is 3.97. The van der Waals surface area contributed by atoms with Crippen LogP contribution in [0.2, 0.25) is 0 Å². The standard InChI is InChI=1S/2C7H6N2/c1-2-4-7-6(3-1)8-5-9-7;1-2-4-7-6(3-1)5-8-9-7/h2*1-4H,5H2. The van der Waals surface area contributed by atoms with Crippen molar-refractivity contribution >= 4 is 5.69 Å². The largest absolute Gasteiger partial charge is 0.260 e. The van der Waals surface area contributed by atoms with Crippen molar-refractivity contribution in [3.8, 4) is 0 Å². The smallest absolute Gasteiger partial charge is 0.130 e. The van der Waals surface area contributed by atoms with Gasteiger partial charge >= 0.3 is 0 Å². The number of rotatable bonds is 0. The summed E-state index contributed by atoms with van der Waals surface area (Å²) < 4.78 is 0. The second-order valence-electron chi connectivity index (χ2n) is 3.97. The summed E-state index contributed by atoms with van der Waals surface area (Å²) >= 11 is 0. The van der Waals surface area contributed by atoms with Gasteiger partial charge in [0.1, 0.15) is 6.67 Å². The number of azo groups is 1. The molecule has 0 spiro atoms. The van der Waals surface area contributed by atoms with Gasteiger partial charge in [0.05, 0.1) is 22.9 Å². The van der Waals surface area contributed by atoms with E-state index in [1.54, 1.807) is 0 Å². The van der Waals surface area contributed by atoms with Crippen molar-refractivity contribution in [2.45, 2.75) is 6.54 Å². The van der Waals surface area contributed by atoms with Gasteiger partial charge in [0.25, 0.3) is 0 Å². The summed E-state index contributed by atoms with van der Waals surface area (Å²) in [5, 5.41) is 9.85. The topological polar surface area (TPSA) is 49.4 Å². The lowest BCUT2D eigenvalue weighted by Crippen LogP contribution is -2.19. The van der Waals surface area contributed by atoms with Gasteiger partial charge in [0.2, 0.25) is 0 Å². The zero-order valence-electron chi connectivity index (χ0n) is 9.82. The van der Waals surface area contributed by atoms with E-state index in [1.165, 1.54) is 5.56 Å². The van der Waals surface area contributed by atoms with E-state index in [0.717, 1.165) is 22.9 Å². The highest BCUT2D eigenvalue weighted by atomic mass is 15.1. The van der Waals surface area contributed by atoms with E-state index in [-0.39, 0.29) is 0 Å². The van der Waals surface area contributed by atoms with Crippen LogP contribution in [0.4, 0.5) is 5.69 Å². The number of fused-ring (bicyclic) bond motifs is 2. The lowest BCUT2D eigenvalue weighted by atomic mass is 10.2. The molecule has 0 aromatic heterocycles. The minimum absolute atomic E-state index is 0.610. The van der Waals surface area contributed by atoms with E-state index >= 15 is 0 Å².